The highest BCUT2D eigenvalue weighted by Crippen LogP contribution is 2.34. The predicted molar refractivity (Wildman–Crippen MR) is 57.4 cm³/mol. The molecule has 1 N–H and O–H groups in total. The first kappa shape index (κ1) is 9.00. The molecule has 1 aliphatic rings. The SMILES string of the molecule is CC(C)c1cnc(NC2CC2C)s1. The topological polar surface area (TPSA) is 24.9 Å². The number of aromatic nitrogens is 1. The Balaban J connectivity index is 1.97. The summed E-state index contributed by atoms with van der Waals surface area (Å²) in [4.78, 5) is 5.73. The number of hydrogen-bond donors (Lipinski definition) is 1. The van der Waals surface area contributed by atoms with Gasteiger partial charge in [0.1, 0.15) is 0 Å². The van der Waals surface area contributed by atoms with Crippen LogP contribution in [0.1, 0.15) is 38.0 Å². The molecule has 1 aromatic rings. The van der Waals surface area contributed by atoms with E-state index in [0.29, 0.717) is 12.0 Å². The van der Waals surface area contributed by atoms with Gasteiger partial charge < -0.3 is 5.32 Å². The van der Waals surface area contributed by atoms with Crippen molar-refractivity contribution in [2.75, 3.05) is 5.32 Å². The molecule has 1 heterocycles. The van der Waals surface area contributed by atoms with Crippen molar-refractivity contribution in [1.82, 2.24) is 4.98 Å². The highest BCUT2D eigenvalue weighted by molar-refractivity contribution is 7.15. The maximum absolute atomic E-state index is 4.36. The molecule has 1 saturated carbocycles. The van der Waals surface area contributed by atoms with Crippen molar-refractivity contribution in [2.45, 2.75) is 39.2 Å². The van der Waals surface area contributed by atoms with Crippen LogP contribution in [0.3, 0.4) is 0 Å². The average molecular weight is 196 g/mol. The molecule has 1 aromatic heterocycles. The summed E-state index contributed by atoms with van der Waals surface area (Å²) >= 11 is 1.79. The van der Waals surface area contributed by atoms with E-state index in [1.807, 2.05) is 6.20 Å². The van der Waals surface area contributed by atoms with Gasteiger partial charge in [-0.25, -0.2) is 4.98 Å². The van der Waals surface area contributed by atoms with E-state index in [9.17, 15) is 0 Å². The third kappa shape index (κ3) is 2.02. The van der Waals surface area contributed by atoms with Gasteiger partial charge in [0.05, 0.1) is 0 Å². The molecule has 0 radical (unpaired) electrons. The Morgan fingerprint density at radius 3 is 2.77 bits per heavy atom. The Labute approximate surface area is 83.4 Å². The zero-order valence-corrected chi connectivity index (χ0v) is 9.19. The highest BCUT2D eigenvalue weighted by Gasteiger charge is 2.32. The van der Waals surface area contributed by atoms with E-state index in [1.54, 1.807) is 11.3 Å². The summed E-state index contributed by atoms with van der Waals surface area (Å²) in [6.45, 7) is 6.68. The molecule has 0 amide bonds. The van der Waals surface area contributed by atoms with Crippen molar-refractivity contribution in [3.05, 3.63) is 11.1 Å². The largest absolute Gasteiger partial charge is 0.359 e. The smallest absolute Gasteiger partial charge is 0.183 e. The number of thiazole rings is 1. The lowest BCUT2D eigenvalue weighted by Gasteiger charge is -1.99. The van der Waals surface area contributed by atoms with E-state index in [-0.39, 0.29) is 0 Å². The zero-order chi connectivity index (χ0) is 9.42. The molecule has 3 heteroatoms. The van der Waals surface area contributed by atoms with Crippen LogP contribution in [-0.2, 0) is 0 Å². The second-order valence-electron chi connectivity index (χ2n) is 4.19. The van der Waals surface area contributed by atoms with Crippen LogP contribution in [0.15, 0.2) is 6.20 Å². The van der Waals surface area contributed by atoms with Gasteiger partial charge in [-0.15, -0.1) is 11.3 Å². The molecule has 0 saturated heterocycles. The lowest BCUT2D eigenvalue weighted by Crippen LogP contribution is -2.02. The molecule has 1 fully saturated rings. The fourth-order valence-electron chi connectivity index (χ4n) is 1.30. The maximum Gasteiger partial charge on any atom is 0.183 e. The maximum atomic E-state index is 4.36. The molecule has 1 aliphatic carbocycles. The van der Waals surface area contributed by atoms with Gasteiger partial charge in [-0.3, -0.25) is 0 Å². The monoisotopic (exact) mass is 196 g/mol. The van der Waals surface area contributed by atoms with Crippen LogP contribution in [0.5, 0.6) is 0 Å². The minimum Gasteiger partial charge on any atom is -0.359 e. The summed E-state index contributed by atoms with van der Waals surface area (Å²) in [5, 5.41) is 4.54. The number of hydrogen-bond acceptors (Lipinski definition) is 3. The molecule has 0 aliphatic heterocycles. The van der Waals surface area contributed by atoms with E-state index in [1.165, 1.54) is 11.3 Å². The Morgan fingerprint density at radius 2 is 2.31 bits per heavy atom. The fraction of sp³-hybridized carbons (Fsp3) is 0.700. The lowest BCUT2D eigenvalue weighted by atomic mass is 10.2. The fourth-order valence-corrected chi connectivity index (χ4v) is 2.18. The van der Waals surface area contributed by atoms with Gasteiger partial charge >= 0.3 is 0 Å². The summed E-state index contributed by atoms with van der Waals surface area (Å²) < 4.78 is 0. The standard InChI is InChI=1S/C10H16N2S/c1-6(2)9-5-11-10(13-9)12-8-4-7(8)3/h5-8H,4H2,1-3H3,(H,11,12). The van der Waals surface area contributed by atoms with Crippen LogP contribution in [0.2, 0.25) is 0 Å². The van der Waals surface area contributed by atoms with Gasteiger partial charge in [-0.1, -0.05) is 20.8 Å². The molecule has 0 spiro atoms. The Bertz CT molecular complexity index is 293. The van der Waals surface area contributed by atoms with Crippen molar-refractivity contribution < 1.29 is 0 Å². The van der Waals surface area contributed by atoms with Crippen molar-refractivity contribution in [3.8, 4) is 0 Å². The molecule has 0 bridgehead atoms. The van der Waals surface area contributed by atoms with E-state index < -0.39 is 0 Å². The Kier molecular flexibility index (Phi) is 2.28. The summed E-state index contributed by atoms with van der Waals surface area (Å²) in [6.07, 6.45) is 3.29. The van der Waals surface area contributed by atoms with Crippen molar-refractivity contribution in [3.63, 3.8) is 0 Å². The van der Waals surface area contributed by atoms with Gasteiger partial charge in [0, 0.05) is 17.1 Å². The van der Waals surface area contributed by atoms with E-state index in [4.69, 9.17) is 0 Å². The van der Waals surface area contributed by atoms with Gasteiger partial charge in [-0.2, -0.15) is 0 Å². The highest BCUT2D eigenvalue weighted by atomic mass is 32.1. The van der Waals surface area contributed by atoms with Crippen molar-refractivity contribution >= 4 is 16.5 Å². The van der Waals surface area contributed by atoms with Crippen molar-refractivity contribution in [2.24, 2.45) is 5.92 Å². The van der Waals surface area contributed by atoms with Gasteiger partial charge in [0.25, 0.3) is 0 Å². The third-order valence-electron chi connectivity index (χ3n) is 2.51. The molecule has 2 atom stereocenters. The normalized spacial score (nSPS) is 26.5. The average Bonchev–Trinajstić information content (AvgIpc) is 2.61. The molecule has 0 aromatic carbocycles. The molecule has 13 heavy (non-hydrogen) atoms. The zero-order valence-electron chi connectivity index (χ0n) is 8.37. The van der Waals surface area contributed by atoms with Crippen LogP contribution in [0.25, 0.3) is 0 Å². The van der Waals surface area contributed by atoms with Gasteiger partial charge in [0.15, 0.2) is 5.13 Å². The lowest BCUT2D eigenvalue weighted by molar-refractivity contribution is 0.885. The van der Waals surface area contributed by atoms with Crippen molar-refractivity contribution in [1.29, 1.82) is 0 Å². The van der Waals surface area contributed by atoms with Crippen LogP contribution in [-0.4, -0.2) is 11.0 Å². The second kappa shape index (κ2) is 3.29. The second-order valence-corrected chi connectivity index (χ2v) is 5.25. The number of nitrogens with one attached hydrogen (secondary N) is 1. The molecule has 2 rings (SSSR count). The summed E-state index contributed by atoms with van der Waals surface area (Å²) in [5.74, 6) is 1.44. The van der Waals surface area contributed by atoms with Gasteiger partial charge in [-0.05, 0) is 18.3 Å². The first-order valence-corrected chi connectivity index (χ1v) is 5.70. The molecule has 72 valence electrons. The quantitative estimate of drug-likeness (QED) is 0.803. The Morgan fingerprint density at radius 1 is 1.62 bits per heavy atom. The van der Waals surface area contributed by atoms with E-state index in [2.05, 4.69) is 31.1 Å². The minimum atomic E-state index is 0.602. The molecular formula is C10H16N2S. The van der Waals surface area contributed by atoms with E-state index in [0.717, 1.165) is 11.0 Å². The predicted octanol–water partition coefficient (Wildman–Crippen LogP) is 3.09. The molecular weight excluding hydrogens is 180 g/mol. The summed E-state index contributed by atoms with van der Waals surface area (Å²) in [5.41, 5.74) is 0. The Hall–Kier alpha value is -0.570. The summed E-state index contributed by atoms with van der Waals surface area (Å²) in [6, 6.07) is 0.686. The van der Waals surface area contributed by atoms with Crippen LogP contribution in [0, 0.1) is 5.92 Å². The van der Waals surface area contributed by atoms with Gasteiger partial charge in [0.2, 0.25) is 0 Å². The van der Waals surface area contributed by atoms with Crippen LogP contribution >= 0.6 is 11.3 Å². The molecule has 2 unspecified atom stereocenters. The van der Waals surface area contributed by atoms with Crippen LogP contribution in [0.4, 0.5) is 5.13 Å². The first-order valence-electron chi connectivity index (χ1n) is 4.89. The van der Waals surface area contributed by atoms with E-state index >= 15 is 0 Å². The third-order valence-corrected chi connectivity index (χ3v) is 3.74. The summed E-state index contributed by atoms with van der Waals surface area (Å²) in [7, 11) is 0. The molecule has 2 nitrogen and oxygen atoms in total. The number of nitrogens with zero attached hydrogens (tertiary/aromatic N) is 1. The minimum absolute atomic E-state index is 0.602. The van der Waals surface area contributed by atoms with Crippen LogP contribution < -0.4 is 5.32 Å². The number of anilines is 1. The number of rotatable bonds is 3. The first-order chi connectivity index (χ1) is 6.16.